The van der Waals surface area contributed by atoms with Gasteiger partial charge in [0.15, 0.2) is 0 Å². The lowest BCUT2D eigenvalue weighted by Gasteiger charge is -2.36. The van der Waals surface area contributed by atoms with E-state index in [-0.39, 0.29) is 23.6 Å². The molecule has 3 amide bonds. The average molecular weight is 462 g/mol. The van der Waals surface area contributed by atoms with Crippen LogP contribution in [0.15, 0.2) is 35.7 Å². The molecule has 0 radical (unpaired) electrons. The lowest BCUT2D eigenvalue weighted by molar-refractivity contribution is -0.141. The standard InChI is InChI=1S/C22H24ClN3O4S/c23-17-6-5-15(13-18(17)24-20(27)19-4-2-12-31-19)21(28)26-7-1-3-16(14-26)22(29)25-8-10-30-11-9-25/h2,4-6,12-13,16H,1,3,7-11,14H2,(H,24,27)/t16-/m1/s1. The number of benzene rings is 1. The van der Waals surface area contributed by atoms with E-state index in [0.29, 0.717) is 60.5 Å². The molecule has 0 spiro atoms. The Kier molecular flexibility index (Phi) is 6.89. The van der Waals surface area contributed by atoms with Gasteiger partial charge in [-0.25, -0.2) is 0 Å². The molecule has 2 aliphatic heterocycles. The number of thiophene rings is 1. The molecule has 0 aliphatic carbocycles. The first kappa shape index (κ1) is 21.8. The van der Waals surface area contributed by atoms with Gasteiger partial charge in [0.25, 0.3) is 11.8 Å². The van der Waals surface area contributed by atoms with E-state index < -0.39 is 0 Å². The Morgan fingerprint density at radius 3 is 2.65 bits per heavy atom. The number of nitrogens with one attached hydrogen (secondary N) is 1. The number of halogens is 1. The van der Waals surface area contributed by atoms with Crippen molar-refractivity contribution in [2.24, 2.45) is 5.92 Å². The van der Waals surface area contributed by atoms with Gasteiger partial charge in [-0.2, -0.15) is 0 Å². The zero-order chi connectivity index (χ0) is 21.8. The monoisotopic (exact) mass is 461 g/mol. The van der Waals surface area contributed by atoms with Gasteiger partial charge in [0.2, 0.25) is 5.91 Å². The van der Waals surface area contributed by atoms with Gasteiger partial charge in [0, 0.05) is 31.7 Å². The van der Waals surface area contributed by atoms with Crippen LogP contribution in [0, 0.1) is 5.92 Å². The summed E-state index contributed by atoms with van der Waals surface area (Å²) in [5.41, 5.74) is 0.828. The van der Waals surface area contributed by atoms with Crippen molar-refractivity contribution in [3.05, 3.63) is 51.2 Å². The topological polar surface area (TPSA) is 79.0 Å². The summed E-state index contributed by atoms with van der Waals surface area (Å²) in [4.78, 5) is 42.5. The molecule has 2 aromatic rings. The quantitative estimate of drug-likeness (QED) is 0.757. The summed E-state index contributed by atoms with van der Waals surface area (Å²) in [5.74, 6) is -0.527. The van der Waals surface area contributed by atoms with Crippen molar-refractivity contribution in [3.63, 3.8) is 0 Å². The van der Waals surface area contributed by atoms with E-state index in [0.717, 1.165) is 12.8 Å². The van der Waals surface area contributed by atoms with Crippen LogP contribution in [0.5, 0.6) is 0 Å². The van der Waals surface area contributed by atoms with Crippen molar-refractivity contribution in [1.29, 1.82) is 0 Å². The summed E-state index contributed by atoms with van der Waals surface area (Å²) in [7, 11) is 0. The molecule has 4 rings (SSSR count). The Labute approximate surface area is 189 Å². The van der Waals surface area contributed by atoms with Gasteiger partial charge >= 0.3 is 0 Å². The van der Waals surface area contributed by atoms with E-state index >= 15 is 0 Å². The normalized spacial score (nSPS) is 19.2. The molecule has 0 saturated carbocycles. The lowest BCUT2D eigenvalue weighted by atomic mass is 9.95. The fourth-order valence-electron chi connectivity index (χ4n) is 3.93. The van der Waals surface area contributed by atoms with Crippen LogP contribution in [0.2, 0.25) is 5.02 Å². The fourth-order valence-corrected chi connectivity index (χ4v) is 4.72. The van der Waals surface area contributed by atoms with Crippen molar-refractivity contribution in [2.75, 3.05) is 44.7 Å². The molecule has 1 atom stereocenters. The molecule has 164 valence electrons. The molecular formula is C22H24ClN3O4S. The maximum Gasteiger partial charge on any atom is 0.265 e. The smallest absolute Gasteiger partial charge is 0.265 e. The van der Waals surface area contributed by atoms with Crippen LogP contribution >= 0.6 is 22.9 Å². The number of hydrogen-bond donors (Lipinski definition) is 1. The Bertz CT molecular complexity index is 960. The number of morpholine rings is 1. The average Bonchev–Trinajstić information content (AvgIpc) is 3.35. The number of rotatable bonds is 4. The van der Waals surface area contributed by atoms with E-state index in [1.165, 1.54) is 11.3 Å². The van der Waals surface area contributed by atoms with Crippen molar-refractivity contribution < 1.29 is 19.1 Å². The van der Waals surface area contributed by atoms with Gasteiger partial charge in [-0.1, -0.05) is 17.7 Å². The van der Waals surface area contributed by atoms with Crippen LogP contribution in [0.1, 0.15) is 32.9 Å². The Balaban J connectivity index is 1.44. The zero-order valence-corrected chi connectivity index (χ0v) is 18.6. The minimum absolute atomic E-state index is 0.0980. The minimum atomic E-state index is -0.268. The zero-order valence-electron chi connectivity index (χ0n) is 17.0. The maximum absolute atomic E-state index is 13.1. The van der Waals surface area contributed by atoms with Gasteiger partial charge in [0.1, 0.15) is 0 Å². The first-order valence-electron chi connectivity index (χ1n) is 10.3. The number of nitrogens with zero attached hydrogens (tertiary/aromatic N) is 2. The second-order valence-electron chi connectivity index (χ2n) is 7.65. The molecule has 9 heteroatoms. The van der Waals surface area contributed by atoms with Crippen molar-refractivity contribution in [3.8, 4) is 0 Å². The Hall–Kier alpha value is -2.42. The summed E-state index contributed by atoms with van der Waals surface area (Å²) >= 11 is 7.58. The van der Waals surface area contributed by atoms with Crippen LogP contribution in [0.4, 0.5) is 5.69 Å². The number of carbonyl (C=O) groups is 3. The largest absolute Gasteiger partial charge is 0.378 e. The number of anilines is 1. The predicted molar refractivity (Wildman–Crippen MR) is 120 cm³/mol. The Morgan fingerprint density at radius 2 is 1.90 bits per heavy atom. The van der Waals surface area contributed by atoms with Crippen molar-refractivity contribution >= 4 is 46.3 Å². The highest BCUT2D eigenvalue weighted by molar-refractivity contribution is 7.12. The van der Waals surface area contributed by atoms with Crippen LogP contribution in [0.3, 0.4) is 0 Å². The number of ether oxygens (including phenoxy) is 1. The van der Waals surface area contributed by atoms with Gasteiger partial charge < -0.3 is 19.9 Å². The summed E-state index contributed by atoms with van der Waals surface area (Å²) < 4.78 is 5.33. The third-order valence-corrected chi connectivity index (χ3v) is 6.79. The molecule has 7 nitrogen and oxygen atoms in total. The second kappa shape index (κ2) is 9.80. The molecule has 3 heterocycles. The lowest BCUT2D eigenvalue weighted by Crippen LogP contribution is -2.49. The molecule has 1 N–H and O–H groups in total. The summed E-state index contributed by atoms with van der Waals surface area (Å²) in [6, 6.07) is 8.38. The highest BCUT2D eigenvalue weighted by Crippen LogP contribution is 2.27. The summed E-state index contributed by atoms with van der Waals surface area (Å²) in [6.45, 7) is 3.33. The highest BCUT2D eigenvalue weighted by Gasteiger charge is 2.32. The molecule has 1 aromatic heterocycles. The summed E-state index contributed by atoms with van der Waals surface area (Å²) in [6.07, 6.45) is 1.56. The molecule has 2 aliphatic rings. The fraction of sp³-hybridized carbons (Fsp3) is 0.409. The van der Waals surface area contributed by atoms with Crippen LogP contribution < -0.4 is 5.32 Å². The van der Waals surface area contributed by atoms with Gasteiger partial charge in [0.05, 0.1) is 34.7 Å². The molecule has 0 unspecified atom stereocenters. The van der Waals surface area contributed by atoms with Gasteiger partial charge in [-0.05, 0) is 42.5 Å². The first-order chi connectivity index (χ1) is 15.0. The van der Waals surface area contributed by atoms with Crippen molar-refractivity contribution in [1.82, 2.24) is 9.80 Å². The van der Waals surface area contributed by atoms with Gasteiger partial charge in [-0.15, -0.1) is 11.3 Å². The second-order valence-corrected chi connectivity index (χ2v) is 9.01. The number of amides is 3. The first-order valence-corrected chi connectivity index (χ1v) is 11.6. The molecule has 1 aromatic carbocycles. The molecular weight excluding hydrogens is 438 g/mol. The molecule has 2 saturated heterocycles. The SMILES string of the molecule is O=C(Nc1cc(C(=O)N2CCC[C@@H](C(=O)N3CCOCC3)C2)ccc1Cl)c1cccs1. The molecule has 2 fully saturated rings. The minimum Gasteiger partial charge on any atom is -0.378 e. The third-order valence-electron chi connectivity index (χ3n) is 5.59. The van der Waals surface area contributed by atoms with E-state index in [9.17, 15) is 14.4 Å². The van der Waals surface area contributed by atoms with E-state index in [1.807, 2.05) is 10.3 Å². The van der Waals surface area contributed by atoms with Crippen LogP contribution in [-0.2, 0) is 9.53 Å². The highest BCUT2D eigenvalue weighted by atomic mass is 35.5. The molecule has 0 bridgehead atoms. The third kappa shape index (κ3) is 5.08. The predicted octanol–water partition coefficient (Wildman–Crippen LogP) is 3.36. The van der Waals surface area contributed by atoms with Crippen molar-refractivity contribution in [2.45, 2.75) is 12.8 Å². The maximum atomic E-state index is 13.1. The number of piperidine rings is 1. The van der Waals surface area contributed by atoms with E-state index in [1.54, 1.807) is 35.2 Å². The number of carbonyl (C=O) groups excluding carboxylic acids is 3. The van der Waals surface area contributed by atoms with E-state index in [4.69, 9.17) is 16.3 Å². The van der Waals surface area contributed by atoms with E-state index in [2.05, 4.69) is 5.32 Å². The number of hydrogen-bond acceptors (Lipinski definition) is 5. The van der Waals surface area contributed by atoms with Gasteiger partial charge in [-0.3, -0.25) is 14.4 Å². The molecule has 31 heavy (non-hydrogen) atoms. The summed E-state index contributed by atoms with van der Waals surface area (Å²) in [5, 5.41) is 4.96. The van der Waals surface area contributed by atoms with Crippen LogP contribution in [-0.4, -0.2) is 66.9 Å². The Morgan fingerprint density at radius 1 is 1.10 bits per heavy atom. The number of likely N-dealkylation sites (tertiary alicyclic amines) is 1. The van der Waals surface area contributed by atoms with Crippen LogP contribution in [0.25, 0.3) is 0 Å².